The molecule has 2 heterocycles. The van der Waals surface area contributed by atoms with Gasteiger partial charge in [-0.1, -0.05) is 29.8 Å². The fraction of sp³-hybridized carbons (Fsp3) is 0.375. The SMILES string of the molecule is CN(c1ncncc1Cl)C1CCCN(c2ccccc2)C1. The van der Waals surface area contributed by atoms with E-state index in [1.165, 1.54) is 12.1 Å². The smallest absolute Gasteiger partial charge is 0.150 e. The zero-order valence-corrected chi connectivity index (χ0v) is 12.9. The number of para-hydroxylation sites is 1. The van der Waals surface area contributed by atoms with Gasteiger partial charge >= 0.3 is 0 Å². The maximum atomic E-state index is 6.21. The number of aromatic nitrogens is 2. The summed E-state index contributed by atoms with van der Waals surface area (Å²) in [4.78, 5) is 12.9. The summed E-state index contributed by atoms with van der Waals surface area (Å²) in [5.74, 6) is 0.812. The molecule has 1 aromatic carbocycles. The van der Waals surface area contributed by atoms with E-state index in [0.29, 0.717) is 11.1 Å². The number of anilines is 2. The van der Waals surface area contributed by atoms with Crippen molar-refractivity contribution < 1.29 is 0 Å². The minimum absolute atomic E-state index is 0.409. The van der Waals surface area contributed by atoms with Gasteiger partial charge in [0.25, 0.3) is 0 Å². The molecule has 0 N–H and O–H groups in total. The Morgan fingerprint density at radius 1 is 1.29 bits per heavy atom. The molecule has 110 valence electrons. The summed E-state index contributed by atoms with van der Waals surface area (Å²) in [6, 6.07) is 11.0. The molecule has 1 aromatic heterocycles. The average Bonchev–Trinajstić information content (AvgIpc) is 2.56. The van der Waals surface area contributed by atoms with Crippen molar-refractivity contribution in [3.8, 4) is 0 Å². The van der Waals surface area contributed by atoms with Crippen molar-refractivity contribution in [2.24, 2.45) is 0 Å². The zero-order valence-electron chi connectivity index (χ0n) is 12.1. The molecule has 1 aliphatic rings. The van der Waals surface area contributed by atoms with Gasteiger partial charge in [0.2, 0.25) is 0 Å². The van der Waals surface area contributed by atoms with Crippen LogP contribution in [0, 0.1) is 0 Å². The Morgan fingerprint density at radius 2 is 2.10 bits per heavy atom. The van der Waals surface area contributed by atoms with Gasteiger partial charge in [-0.25, -0.2) is 9.97 Å². The first kappa shape index (κ1) is 14.1. The second kappa shape index (κ2) is 6.31. The van der Waals surface area contributed by atoms with Crippen molar-refractivity contribution in [3.05, 3.63) is 47.9 Å². The largest absolute Gasteiger partial charge is 0.369 e. The summed E-state index contributed by atoms with van der Waals surface area (Å²) in [6.07, 6.45) is 5.53. The monoisotopic (exact) mass is 302 g/mol. The Balaban J connectivity index is 1.76. The van der Waals surface area contributed by atoms with Crippen LogP contribution < -0.4 is 9.80 Å². The van der Waals surface area contributed by atoms with Gasteiger partial charge in [0.1, 0.15) is 11.3 Å². The summed E-state index contributed by atoms with van der Waals surface area (Å²) in [7, 11) is 2.06. The Bertz CT molecular complexity index is 590. The third-order valence-corrected chi connectivity index (χ3v) is 4.31. The van der Waals surface area contributed by atoms with Gasteiger partial charge in [0, 0.05) is 31.9 Å². The Kier molecular flexibility index (Phi) is 4.25. The van der Waals surface area contributed by atoms with E-state index in [1.807, 2.05) is 0 Å². The predicted octanol–water partition coefficient (Wildman–Crippen LogP) is 3.24. The summed E-state index contributed by atoms with van der Waals surface area (Å²) in [5.41, 5.74) is 1.28. The Hall–Kier alpha value is -1.81. The molecule has 21 heavy (non-hydrogen) atoms. The lowest BCUT2D eigenvalue weighted by Crippen LogP contribution is -2.47. The lowest BCUT2D eigenvalue weighted by atomic mass is 10.0. The molecule has 0 bridgehead atoms. The highest BCUT2D eigenvalue weighted by Gasteiger charge is 2.25. The van der Waals surface area contributed by atoms with Crippen LogP contribution in [0.1, 0.15) is 12.8 Å². The van der Waals surface area contributed by atoms with Gasteiger partial charge in [0.05, 0.1) is 6.20 Å². The van der Waals surface area contributed by atoms with E-state index in [0.717, 1.165) is 25.3 Å². The quantitative estimate of drug-likeness (QED) is 0.871. The normalized spacial score (nSPS) is 18.6. The lowest BCUT2D eigenvalue weighted by Gasteiger charge is -2.39. The summed E-state index contributed by atoms with van der Waals surface area (Å²) in [5, 5.41) is 0.608. The Labute approximate surface area is 130 Å². The van der Waals surface area contributed by atoms with Crippen molar-refractivity contribution in [1.29, 1.82) is 0 Å². The third-order valence-electron chi connectivity index (χ3n) is 4.05. The number of nitrogens with zero attached hydrogens (tertiary/aromatic N) is 4. The number of halogens is 1. The van der Waals surface area contributed by atoms with Crippen LogP contribution in [0.2, 0.25) is 5.02 Å². The number of likely N-dealkylation sites (N-methyl/N-ethyl adjacent to an activating group) is 1. The standard InChI is InChI=1S/C16H19ClN4/c1-20(16-15(17)10-18-12-19-16)14-8-5-9-21(11-14)13-6-3-2-4-7-13/h2-4,6-7,10,12,14H,5,8-9,11H2,1H3. The second-order valence-electron chi connectivity index (χ2n) is 5.38. The number of benzene rings is 1. The molecule has 1 saturated heterocycles. The highest BCUT2D eigenvalue weighted by molar-refractivity contribution is 6.32. The average molecular weight is 303 g/mol. The minimum atomic E-state index is 0.409. The zero-order chi connectivity index (χ0) is 14.7. The van der Waals surface area contributed by atoms with Crippen LogP contribution in [-0.2, 0) is 0 Å². The van der Waals surface area contributed by atoms with E-state index < -0.39 is 0 Å². The number of rotatable bonds is 3. The van der Waals surface area contributed by atoms with Crippen LogP contribution in [0.15, 0.2) is 42.9 Å². The molecular weight excluding hydrogens is 284 g/mol. The maximum absolute atomic E-state index is 6.21. The first-order valence-electron chi connectivity index (χ1n) is 7.24. The van der Waals surface area contributed by atoms with Gasteiger partial charge < -0.3 is 9.80 Å². The van der Waals surface area contributed by atoms with Gasteiger partial charge in [-0.2, -0.15) is 0 Å². The first-order valence-corrected chi connectivity index (χ1v) is 7.62. The minimum Gasteiger partial charge on any atom is -0.369 e. The maximum Gasteiger partial charge on any atom is 0.150 e. The van der Waals surface area contributed by atoms with E-state index in [2.05, 4.69) is 57.1 Å². The van der Waals surface area contributed by atoms with Crippen molar-refractivity contribution in [3.63, 3.8) is 0 Å². The molecule has 0 spiro atoms. The number of hydrogen-bond acceptors (Lipinski definition) is 4. The van der Waals surface area contributed by atoms with Crippen molar-refractivity contribution in [1.82, 2.24) is 9.97 Å². The summed E-state index contributed by atoms with van der Waals surface area (Å²) in [6.45, 7) is 2.09. The highest BCUT2D eigenvalue weighted by Crippen LogP contribution is 2.27. The number of hydrogen-bond donors (Lipinski definition) is 0. The molecular formula is C16H19ClN4. The molecule has 1 atom stereocenters. The molecule has 0 aliphatic carbocycles. The fourth-order valence-corrected chi connectivity index (χ4v) is 3.12. The molecule has 5 heteroatoms. The highest BCUT2D eigenvalue weighted by atomic mass is 35.5. The van der Waals surface area contributed by atoms with E-state index in [1.54, 1.807) is 12.5 Å². The topological polar surface area (TPSA) is 32.3 Å². The molecule has 1 unspecified atom stereocenters. The molecule has 4 nitrogen and oxygen atoms in total. The third kappa shape index (κ3) is 3.10. The molecule has 1 fully saturated rings. The van der Waals surface area contributed by atoms with Gasteiger partial charge in [-0.15, -0.1) is 0 Å². The molecule has 1 aliphatic heterocycles. The van der Waals surface area contributed by atoms with Gasteiger partial charge in [-0.05, 0) is 25.0 Å². The van der Waals surface area contributed by atoms with E-state index in [4.69, 9.17) is 11.6 Å². The molecule has 0 amide bonds. The van der Waals surface area contributed by atoms with E-state index in [-0.39, 0.29) is 0 Å². The first-order chi connectivity index (χ1) is 10.3. The molecule has 0 saturated carbocycles. The van der Waals surface area contributed by atoms with Gasteiger partial charge in [0.15, 0.2) is 5.82 Å². The van der Waals surface area contributed by atoms with Crippen LogP contribution >= 0.6 is 11.6 Å². The van der Waals surface area contributed by atoms with Crippen molar-refractivity contribution >= 4 is 23.1 Å². The van der Waals surface area contributed by atoms with E-state index >= 15 is 0 Å². The van der Waals surface area contributed by atoms with Crippen molar-refractivity contribution in [2.45, 2.75) is 18.9 Å². The summed E-state index contributed by atoms with van der Waals surface area (Å²) < 4.78 is 0. The van der Waals surface area contributed by atoms with Crippen molar-refractivity contribution in [2.75, 3.05) is 29.9 Å². The van der Waals surface area contributed by atoms with Crippen LogP contribution in [-0.4, -0.2) is 36.1 Å². The van der Waals surface area contributed by atoms with E-state index in [9.17, 15) is 0 Å². The lowest BCUT2D eigenvalue weighted by molar-refractivity contribution is 0.486. The van der Waals surface area contributed by atoms with Crippen LogP contribution in [0.5, 0.6) is 0 Å². The Morgan fingerprint density at radius 3 is 2.86 bits per heavy atom. The fourth-order valence-electron chi connectivity index (χ4n) is 2.88. The van der Waals surface area contributed by atoms with Crippen LogP contribution in [0.25, 0.3) is 0 Å². The van der Waals surface area contributed by atoms with Crippen LogP contribution in [0.4, 0.5) is 11.5 Å². The molecule has 3 rings (SSSR count). The van der Waals surface area contributed by atoms with Crippen LogP contribution in [0.3, 0.4) is 0 Å². The second-order valence-corrected chi connectivity index (χ2v) is 5.79. The van der Waals surface area contributed by atoms with Gasteiger partial charge in [-0.3, -0.25) is 0 Å². The predicted molar refractivity (Wildman–Crippen MR) is 87.1 cm³/mol. The molecule has 0 radical (unpaired) electrons. The number of piperidine rings is 1. The molecule has 2 aromatic rings. The summed E-state index contributed by atoms with van der Waals surface area (Å²) >= 11 is 6.21.